The highest BCUT2D eigenvalue weighted by Gasteiger charge is 2.35. The molecule has 1 atom stereocenters. The summed E-state index contributed by atoms with van der Waals surface area (Å²) in [5, 5.41) is 0. The molecule has 0 amide bonds. The maximum atomic E-state index is 13.0. The summed E-state index contributed by atoms with van der Waals surface area (Å²) in [6.07, 6.45) is 0.973. The second-order valence-electron chi connectivity index (χ2n) is 4.87. The first-order valence-electron chi connectivity index (χ1n) is 6.80. The van der Waals surface area contributed by atoms with Crippen molar-refractivity contribution in [1.29, 1.82) is 0 Å². The summed E-state index contributed by atoms with van der Waals surface area (Å²) in [5.74, 6) is -0.547. The molecule has 1 aliphatic rings. The smallest absolute Gasteiger partial charge is 0.417 e. The minimum atomic E-state index is -4.41. The molecule has 0 aromatic carbocycles. The minimum Gasteiger partial charge on any atom is -0.466 e. The van der Waals surface area contributed by atoms with Crippen molar-refractivity contribution in [2.24, 2.45) is 5.92 Å². The molecule has 1 unspecified atom stereocenters. The van der Waals surface area contributed by atoms with Crippen LogP contribution >= 0.6 is 0 Å². The number of nitrogens with zero attached hydrogens (tertiary/aromatic N) is 1. The first-order valence-corrected chi connectivity index (χ1v) is 6.80. The Hall–Kier alpha value is -1.85. The summed E-state index contributed by atoms with van der Waals surface area (Å²) in [6.45, 7) is 2.04. The number of allylic oxidation sites excluding steroid dienone is 2. The highest BCUT2D eigenvalue weighted by atomic mass is 19.4. The van der Waals surface area contributed by atoms with E-state index in [1.165, 1.54) is 6.20 Å². The van der Waals surface area contributed by atoms with Gasteiger partial charge in [0.25, 0.3) is 0 Å². The van der Waals surface area contributed by atoms with Crippen molar-refractivity contribution in [3.63, 3.8) is 0 Å². The van der Waals surface area contributed by atoms with Gasteiger partial charge in [-0.25, -0.2) is 0 Å². The molecule has 0 bridgehead atoms. The molecule has 0 spiro atoms. The Bertz CT molecular complexity index is 552. The SMILES string of the molecule is CCOC(=O)C1CC=C(c2cnccc2C(F)(F)F)CC1. The molecule has 0 N–H and O–H groups in total. The van der Waals surface area contributed by atoms with Crippen LogP contribution in [0.5, 0.6) is 0 Å². The van der Waals surface area contributed by atoms with Crippen LogP contribution in [0, 0.1) is 5.92 Å². The van der Waals surface area contributed by atoms with E-state index in [0.717, 1.165) is 12.3 Å². The number of halogens is 3. The van der Waals surface area contributed by atoms with Crippen LogP contribution in [0.4, 0.5) is 13.2 Å². The quantitative estimate of drug-likeness (QED) is 0.796. The fraction of sp³-hybridized carbons (Fsp3) is 0.467. The molecule has 1 aromatic rings. The van der Waals surface area contributed by atoms with Crippen LogP contribution in [-0.4, -0.2) is 17.6 Å². The third-order valence-corrected chi connectivity index (χ3v) is 3.50. The molecule has 1 heterocycles. The standard InChI is InChI=1S/C15H16F3NO2/c1-2-21-14(20)11-5-3-10(4-6-11)12-9-19-8-7-13(12)15(16,17)18/h3,7-9,11H,2,4-6H2,1H3. The Balaban J connectivity index is 2.20. The van der Waals surface area contributed by atoms with E-state index in [4.69, 9.17) is 4.74 Å². The number of rotatable bonds is 3. The minimum absolute atomic E-state index is 0.104. The van der Waals surface area contributed by atoms with E-state index in [2.05, 4.69) is 4.98 Å². The molecule has 0 aliphatic heterocycles. The van der Waals surface area contributed by atoms with Gasteiger partial charge in [-0.3, -0.25) is 9.78 Å². The Morgan fingerprint density at radius 2 is 2.24 bits per heavy atom. The fourth-order valence-corrected chi connectivity index (χ4v) is 2.45. The van der Waals surface area contributed by atoms with Gasteiger partial charge < -0.3 is 4.74 Å². The van der Waals surface area contributed by atoms with E-state index in [1.807, 2.05) is 0 Å². The van der Waals surface area contributed by atoms with Gasteiger partial charge in [0.2, 0.25) is 0 Å². The zero-order chi connectivity index (χ0) is 15.5. The van der Waals surface area contributed by atoms with Gasteiger partial charge in [-0.05, 0) is 37.8 Å². The average Bonchev–Trinajstić information content (AvgIpc) is 2.47. The summed E-state index contributed by atoms with van der Waals surface area (Å²) in [5.41, 5.74) is 0.0154. The molecule has 1 aromatic heterocycles. The van der Waals surface area contributed by atoms with Crippen LogP contribution in [0.2, 0.25) is 0 Å². The largest absolute Gasteiger partial charge is 0.466 e. The van der Waals surface area contributed by atoms with Crippen molar-refractivity contribution in [2.75, 3.05) is 6.61 Å². The number of hydrogen-bond acceptors (Lipinski definition) is 3. The molecular weight excluding hydrogens is 283 g/mol. The Labute approximate surface area is 120 Å². The Kier molecular flexibility index (Phi) is 4.65. The van der Waals surface area contributed by atoms with E-state index < -0.39 is 11.7 Å². The normalized spacial score (nSPS) is 19.0. The van der Waals surface area contributed by atoms with Gasteiger partial charge in [0.05, 0.1) is 18.1 Å². The zero-order valence-electron chi connectivity index (χ0n) is 11.6. The molecule has 0 fully saturated rings. The van der Waals surface area contributed by atoms with Crippen molar-refractivity contribution >= 4 is 11.5 Å². The van der Waals surface area contributed by atoms with E-state index in [0.29, 0.717) is 31.4 Å². The van der Waals surface area contributed by atoms with Crippen LogP contribution in [0.3, 0.4) is 0 Å². The number of ether oxygens (including phenoxy) is 1. The van der Waals surface area contributed by atoms with Crippen LogP contribution in [0.1, 0.15) is 37.3 Å². The van der Waals surface area contributed by atoms with Crippen molar-refractivity contribution in [1.82, 2.24) is 4.98 Å². The molecule has 2 rings (SSSR count). The van der Waals surface area contributed by atoms with Gasteiger partial charge in [-0.1, -0.05) is 6.08 Å². The van der Waals surface area contributed by atoms with E-state index in [1.54, 1.807) is 13.0 Å². The van der Waals surface area contributed by atoms with Crippen molar-refractivity contribution < 1.29 is 22.7 Å². The predicted octanol–water partition coefficient (Wildman–Crippen LogP) is 3.85. The fourth-order valence-electron chi connectivity index (χ4n) is 2.45. The number of aromatic nitrogens is 1. The first-order chi connectivity index (χ1) is 9.93. The molecule has 6 heteroatoms. The molecule has 114 valence electrons. The predicted molar refractivity (Wildman–Crippen MR) is 71.2 cm³/mol. The number of esters is 1. The van der Waals surface area contributed by atoms with Crippen LogP contribution < -0.4 is 0 Å². The van der Waals surface area contributed by atoms with Crippen LogP contribution in [0.15, 0.2) is 24.5 Å². The third kappa shape index (κ3) is 3.62. The summed E-state index contributed by atoms with van der Waals surface area (Å²) in [4.78, 5) is 15.4. The number of carbonyl (C=O) groups is 1. The first kappa shape index (κ1) is 15.5. The van der Waals surface area contributed by atoms with Gasteiger partial charge in [0, 0.05) is 18.0 Å². The highest BCUT2D eigenvalue weighted by molar-refractivity contribution is 5.76. The summed E-state index contributed by atoms with van der Waals surface area (Å²) >= 11 is 0. The van der Waals surface area contributed by atoms with Gasteiger partial charge in [0.15, 0.2) is 0 Å². The van der Waals surface area contributed by atoms with Crippen LogP contribution in [0.25, 0.3) is 5.57 Å². The summed E-state index contributed by atoms with van der Waals surface area (Å²) in [6, 6.07) is 0.980. The number of hydrogen-bond donors (Lipinski definition) is 0. The molecule has 1 aliphatic carbocycles. The lowest BCUT2D eigenvalue weighted by atomic mass is 9.85. The molecule has 21 heavy (non-hydrogen) atoms. The number of alkyl halides is 3. The molecule has 3 nitrogen and oxygen atoms in total. The second kappa shape index (κ2) is 6.28. The topological polar surface area (TPSA) is 39.2 Å². The van der Waals surface area contributed by atoms with E-state index in [9.17, 15) is 18.0 Å². The van der Waals surface area contributed by atoms with Crippen molar-refractivity contribution in [3.05, 3.63) is 35.7 Å². The lowest BCUT2D eigenvalue weighted by molar-refractivity contribution is -0.148. The van der Waals surface area contributed by atoms with E-state index in [-0.39, 0.29) is 17.5 Å². The van der Waals surface area contributed by atoms with Crippen molar-refractivity contribution in [3.8, 4) is 0 Å². The molecule has 0 saturated carbocycles. The third-order valence-electron chi connectivity index (χ3n) is 3.50. The second-order valence-corrected chi connectivity index (χ2v) is 4.87. The molecule has 0 radical (unpaired) electrons. The maximum Gasteiger partial charge on any atom is 0.417 e. The highest BCUT2D eigenvalue weighted by Crippen LogP contribution is 2.38. The summed E-state index contributed by atoms with van der Waals surface area (Å²) < 4.78 is 43.9. The lowest BCUT2D eigenvalue weighted by Gasteiger charge is -2.22. The van der Waals surface area contributed by atoms with Crippen molar-refractivity contribution in [2.45, 2.75) is 32.4 Å². The van der Waals surface area contributed by atoms with Gasteiger partial charge in [-0.15, -0.1) is 0 Å². The maximum absolute atomic E-state index is 13.0. The van der Waals surface area contributed by atoms with Gasteiger partial charge >= 0.3 is 12.1 Å². The number of carbonyl (C=O) groups excluding carboxylic acids is 1. The monoisotopic (exact) mass is 299 g/mol. The summed E-state index contributed by atoms with van der Waals surface area (Å²) in [7, 11) is 0. The Morgan fingerprint density at radius 1 is 1.48 bits per heavy atom. The van der Waals surface area contributed by atoms with Crippen LogP contribution in [-0.2, 0) is 15.7 Å². The Morgan fingerprint density at radius 3 is 2.81 bits per heavy atom. The molecular formula is C15H16F3NO2. The number of pyridine rings is 1. The zero-order valence-corrected chi connectivity index (χ0v) is 11.6. The lowest BCUT2D eigenvalue weighted by Crippen LogP contribution is -2.20. The van der Waals surface area contributed by atoms with E-state index >= 15 is 0 Å². The molecule has 0 saturated heterocycles. The average molecular weight is 299 g/mol. The van der Waals surface area contributed by atoms with Gasteiger partial charge in [0.1, 0.15) is 0 Å². The van der Waals surface area contributed by atoms with Gasteiger partial charge in [-0.2, -0.15) is 13.2 Å².